The predicted molar refractivity (Wildman–Crippen MR) is 88.1 cm³/mol. The summed E-state index contributed by atoms with van der Waals surface area (Å²) in [6, 6.07) is 16.5. The molecule has 116 valence electrons. The summed E-state index contributed by atoms with van der Waals surface area (Å²) in [5, 5.41) is 13.6. The van der Waals surface area contributed by atoms with E-state index in [1.807, 2.05) is 24.3 Å². The first kappa shape index (κ1) is 15.1. The number of aliphatic hydroxyl groups excluding tert-OH is 1. The Morgan fingerprint density at radius 2 is 2.05 bits per heavy atom. The van der Waals surface area contributed by atoms with Gasteiger partial charge in [-0.1, -0.05) is 48.0 Å². The van der Waals surface area contributed by atoms with Crippen molar-refractivity contribution in [2.75, 3.05) is 6.54 Å². The number of aryl methyl sites for hydroxylation is 2. The topological polar surface area (TPSA) is 41.5 Å². The molecule has 0 bridgehead atoms. The number of fused-ring (bicyclic) bond motifs is 1. The maximum absolute atomic E-state index is 10.3. The third-order valence-electron chi connectivity index (χ3n) is 4.15. The van der Waals surface area contributed by atoms with Crippen LogP contribution in [0.1, 0.15) is 23.1 Å². The second-order valence-electron chi connectivity index (χ2n) is 5.99. The lowest BCUT2D eigenvalue weighted by Gasteiger charge is -2.30. The van der Waals surface area contributed by atoms with Crippen LogP contribution < -0.4 is 10.1 Å². The van der Waals surface area contributed by atoms with Gasteiger partial charge in [-0.2, -0.15) is 0 Å². The highest BCUT2D eigenvalue weighted by molar-refractivity contribution is 5.38. The zero-order valence-electron chi connectivity index (χ0n) is 13.0. The molecule has 1 aliphatic rings. The first-order chi connectivity index (χ1) is 10.7. The largest absolute Gasteiger partial charge is 0.487 e. The standard InChI is InChI=1S/C19H23NO2/c1-14-7-9-18-16(11-14)8-10-19(22-18)17(21)13-20-12-15-5-3-2-4-6-15/h2-7,9,11,17,19-21H,8,10,12-13H2,1H3. The van der Waals surface area contributed by atoms with E-state index >= 15 is 0 Å². The zero-order valence-corrected chi connectivity index (χ0v) is 13.0. The molecular weight excluding hydrogens is 274 g/mol. The molecule has 0 aliphatic carbocycles. The van der Waals surface area contributed by atoms with Gasteiger partial charge in [0.15, 0.2) is 0 Å². The molecule has 22 heavy (non-hydrogen) atoms. The van der Waals surface area contributed by atoms with Crippen LogP contribution in [0.5, 0.6) is 5.75 Å². The molecule has 3 rings (SSSR count). The fourth-order valence-electron chi connectivity index (χ4n) is 2.90. The van der Waals surface area contributed by atoms with Crippen molar-refractivity contribution in [3.05, 3.63) is 65.2 Å². The van der Waals surface area contributed by atoms with E-state index in [0.717, 1.165) is 25.1 Å². The van der Waals surface area contributed by atoms with Gasteiger partial charge in [0, 0.05) is 13.1 Å². The highest BCUT2D eigenvalue weighted by atomic mass is 16.5. The van der Waals surface area contributed by atoms with Crippen LogP contribution in [0.15, 0.2) is 48.5 Å². The Balaban J connectivity index is 1.51. The number of hydrogen-bond acceptors (Lipinski definition) is 3. The van der Waals surface area contributed by atoms with Gasteiger partial charge >= 0.3 is 0 Å². The molecule has 0 fully saturated rings. The molecule has 2 atom stereocenters. The van der Waals surface area contributed by atoms with E-state index in [-0.39, 0.29) is 6.10 Å². The minimum Gasteiger partial charge on any atom is -0.487 e. The molecule has 0 saturated carbocycles. The van der Waals surface area contributed by atoms with Crippen molar-refractivity contribution in [1.82, 2.24) is 5.32 Å². The maximum atomic E-state index is 10.3. The molecule has 1 aliphatic heterocycles. The molecule has 2 aromatic carbocycles. The summed E-state index contributed by atoms with van der Waals surface area (Å²) in [6.45, 7) is 3.40. The molecular formula is C19H23NO2. The van der Waals surface area contributed by atoms with Gasteiger partial charge in [-0.25, -0.2) is 0 Å². The van der Waals surface area contributed by atoms with Gasteiger partial charge < -0.3 is 15.2 Å². The van der Waals surface area contributed by atoms with Crippen LogP contribution in [-0.2, 0) is 13.0 Å². The van der Waals surface area contributed by atoms with E-state index in [2.05, 4.69) is 36.5 Å². The van der Waals surface area contributed by atoms with E-state index in [4.69, 9.17) is 4.74 Å². The van der Waals surface area contributed by atoms with Crippen molar-refractivity contribution in [2.45, 2.75) is 38.5 Å². The Morgan fingerprint density at radius 3 is 2.86 bits per heavy atom. The van der Waals surface area contributed by atoms with E-state index in [9.17, 15) is 5.11 Å². The summed E-state index contributed by atoms with van der Waals surface area (Å²) in [4.78, 5) is 0. The first-order valence-corrected chi connectivity index (χ1v) is 7.91. The van der Waals surface area contributed by atoms with Gasteiger partial charge in [-0.15, -0.1) is 0 Å². The second kappa shape index (κ2) is 6.95. The lowest BCUT2D eigenvalue weighted by atomic mass is 9.97. The molecule has 0 saturated heterocycles. The van der Waals surface area contributed by atoms with Gasteiger partial charge in [-0.05, 0) is 37.0 Å². The Bertz CT molecular complexity index is 612. The summed E-state index contributed by atoms with van der Waals surface area (Å²) in [5.41, 5.74) is 3.73. The normalized spacial score (nSPS) is 18.4. The van der Waals surface area contributed by atoms with Gasteiger partial charge in [0.2, 0.25) is 0 Å². The lowest BCUT2D eigenvalue weighted by Crippen LogP contribution is -2.41. The number of ether oxygens (including phenoxy) is 1. The fraction of sp³-hybridized carbons (Fsp3) is 0.368. The van der Waals surface area contributed by atoms with Crippen LogP contribution in [0.25, 0.3) is 0 Å². The Kier molecular flexibility index (Phi) is 4.76. The van der Waals surface area contributed by atoms with Crippen molar-refractivity contribution in [3.63, 3.8) is 0 Å². The van der Waals surface area contributed by atoms with E-state index in [1.165, 1.54) is 16.7 Å². The van der Waals surface area contributed by atoms with Gasteiger partial charge in [0.1, 0.15) is 18.0 Å². The molecule has 1 heterocycles. The van der Waals surface area contributed by atoms with Gasteiger partial charge in [-0.3, -0.25) is 0 Å². The number of hydrogen-bond donors (Lipinski definition) is 2. The van der Waals surface area contributed by atoms with E-state index in [1.54, 1.807) is 0 Å². The molecule has 3 nitrogen and oxygen atoms in total. The van der Waals surface area contributed by atoms with E-state index < -0.39 is 6.10 Å². The summed E-state index contributed by atoms with van der Waals surface area (Å²) in [6.07, 6.45) is 1.22. The minimum atomic E-state index is -0.488. The molecule has 3 heteroatoms. The van der Waals surface area contributed by atoms with Crippen molar-refractivity contribution in [1.29, 1.82) is 0 Å². The number of aliphatic hydroxyl groups is 1. The van der Waals surface area contributed by atoms with Crippen LogP contribution in [0, 0.1) is 6.92 Å². The van der Waals surface area contributed by atoms with Crippen LogP contribution in [0.4, 0.5) is 0 Å². The Hall–Kier alpha value is -1.84. The first-order valence-electron chi connectivity index (χ1n) is 7.91. The molecule has 0 aromatic heterocycles. The van der Waals surface area contributed by atoms with Crippen molar-refractivity contribution in [3.8, 4) is 5.75 Å². The van der Waals surface area contributed by atoms with Crippen molar-refractivity contribution >= 4 is 0 Å². The SMILES string of the molecule is Cc1ccc2c(c1)CCC(C(O)CNCc1ccccc1)O2. The Morgan fingerprint density at radius 1 is 1.23 bits per heavy atom. The van der Waals surface area contributed by atoms with Crippen LogP contribution in [-0.4, -0.2) is 23.9 Å². The van der Waals surface area contributed by atoms with Crippen molar-refractivity contribution < 1.29 is 9.84 Å². The van der Waals surface area contributed by atoms with Gasteiger partial charge in [0.25, 0.3) is 0 Å². The quantitative estimate of drug-likeness (QED) is 0.891. The molecule has 2 N–H and O–H groups in total. The molecule has 0 amide bonds. The van der Waals surface area contributed by atoms with Crippen LogP contribution >= 0.6 is 0 Å². The number of nitrogens with one attached hydrogen (secondary N) is 1. The lowest BCUT2D eigenvalue weighted by molar-refractivity contribution is 0.0244. The summed E-state index contributed by atoms with van der Waals surface area (Å²) in [7, 11) is 0. The Labute approximate surface area is 131 Å². The fourth-order valence-corrected chi connectivity index (χ4v) is 2.90. The summed E-state index contributed by atoms with van der Waals surface area (Å²) in [5.74, 6) is 0.920. The van der Waals surface area contributed by atoms with Crippen LogP contribution in [0.3, 0.4) is 0 Å². The van der Waals surface area contributed by atoms with Crippen LogP contribution in [0.2, 0.25) is 0 Å². The summed E-state index contributed by atoms with van der Waals surface area (Å²) >= 11 is 0. The predicted octanol–water partition coefficient (Wildman–Crippen LogP) is 2.84. The highest BCUT2D eigenvalue weighted by Crippen LogP contribution is 2.29. The maximum Gasteiger partial charge on any atom is 0.126 e. The number of benzene rings is 2. The third kappa shape index (κ3) is 3.67. The van der Waals surface area contributed by atoms with Gasteiger partial charge in [0.05, 0.1) is 0 Å². The minimum absolute atomic E-state index is 0.126. The highest BCUT2D eigenvalue weighted by Gasteiger charge is 2.26. The average molecular weight is 297 g/mol. The summed E-state index contributed by atoms with van der Waals surface area (Å²) < 4.78 is 5.96. The molecule has 0 spiro atoms. The molecule has 2 aromatic rings. The average Bonchev–Trinajstić information content (AvgIpc) is 2.55. The smallest absolute Gasteiger partial charge is 0.126 e. The monoisotopic (exact) mass is 297 g/mol. The second-order valence-corrected chi connectivity index (χ2v) is 5.99. The zero-order chi connectivity index (χ0) is 15.4. The third-order valence-corrected chi connectivity index (χ3v) is 4.15. The van der Waals surface area contributed by atoms with E-state index in [0.29, 0.717) is 6.54 Å². The number of rotatable bonds is 5. The molecule has 0 radical (unpaired) electrons. The molecule has 2 unspecified atom stereocenters. The van der Waals surface area contributed by atoms with Crippen molar-refractivity contribution in [2.24, 2.45) is 0 Å².